The second kappa shape index (κ2) is 4.50. The molecule has 0 saturated heterocycles. The van der Waals surface area contributed by atoms with Crippen molar-refractivity contribution >= 4 is 6.29 Å². The predicted molar refractivity (Wildman–Crippen MR) is 50.7 cm³/mol. The number of methoxy groups -OCH3 is 1. The highest BCUT2D eigenvalue weighted by atomic mass is 16.7. The van der Waals surface area contributed by atoms with Crippen LogP contribution in [0.2, 0.25) is 0 Å². The van der Waals surface area contributed by atoms with Gasteiger partial charge in [-0.3, -0.25) is 4.79 Å². The van der Waals surface area contributed by atoms with Gasteiger partial charge in [0.1, 0.15) is 12.4 Å². The maximum absolute atomic E-state index is 10.6. The Labute approximate surface area is 82.8 Å². The van der Waals surface area contributed by atoms with Crippen molar-refractivity contribution in [3.63, 3.8) is 0 Å². The molecule has 0 saturated carbocycles. The normalized spacial score (nSPS) is 31.4. The van der Waals surface area contributed by atoms with Gasteiger partial charge in [-0.05, 0) is 13.0 Å². The first-order valence-electron chi connectivity index (χ1n) is 4.42. The van der Waals surface area contributed by atoms with Gasteiger partial charge >= 0.3 is 0 Å². The van der Waals surface area contributed by atoms with Gasteiger partial charge in [0.25, 0.3) is 0 Å². The van der Waals surface area contributed by atoms with Crippen molar-refractivity contribution in [1.82, 2.24) is 0 Å². The highest BCUT2D eigenvalue weighted by Crippen LogP contribution is 2.27. The van der Waals surface area contributed by atoms with Crippen LogP contribution in [0.4, 0.5) is 0 Å². The van der Waals surface area contributed by atoms with Gasteiger partial charge in [0.05, 0.1) is 0 Å². The predicted octanol–water partition coefficient (Wildman–Crippen LogP) is 0.422. The van der Waals surface area contributed by atoms with Crippen LogP contribution in [-0.2, 0) is 14.3 Å². The average molecular weight is 198 g/mol. The second-order valence-electron chi connectivity index (χ2n) is 2.90. The Bertz CT molecular complexity index is 269. The van der Waals surface area contributed by atoms with Crippen LogP contribution in [0.15, 0.2) is 23.8 Å². The van der Waals surface area contributed by atoms with E-state index in [2.05, 4.69) is 0 Å². The van der Waals surface area contributed by atoms with E-state index in [0.29, 0.717) is 12.9 Å². The fourth-order valence-corrected chi connectivity index (χ4v) is 1.40. The van der Waals surface area contributed by atoms with Gasteiger partial charge in [-0.1, -0.05) is 12.2 Å². The van der Waals surface area contributed by atoms with Crippen molar-refractivity contribution in [2.24, 2.45) is 0 Å². The quantitative estimate of drug-likeness (QED) is 0.525. The smallest absolute Gasteiger partial charge is 0.219 e. The van der Waals surface area contributed by atoms with E-state index in [1.165, 1.54) is 13.2 Å². The van der Waals surface area contributed by atoms with Crippen molar-refractivity contribution in [2.45, 2.75) is 18.8 Å². The fraction of sp³-hybridized carbons (Fsp3) is 0.500. The maximum atomic E-state index is 10.6. The summed E-state index contributed by atoms with van der Waals surface area (Å²) in [5.74, 6) is -1.22. The molecule has 0 radical (unpaired) electrons. The summed E-state index contributed by atoms with van der Waals surface area (Å²) in [6, 6.07) is 0. The molecule has 0 amide bonds. The number of hydrogen-bond donors (Lipinski definition) is 1. The van der Waals surface area contributed by atoms with Crippen LogP contribution in [-0.4, -0.2) is 37.0 Å². The van der Waals surface area contributed by atoms with Crippen LogP contribution in [0, 0.1) is 0 Å². The molecule has 4 heteroatoms. The van der Waals surface area contributed by atoms with Gasteiger partial charge < -0.3 is 14.6 Å². The first-order valence-corrected chi connectivity index (χ1v) is 4.42. The molecule has 0 heterocycles. The molecule has 0 spiro atoms. The first kappa shape index (κ1) is 11.1. The molecule has 14 heavy (non-hydrogen) atoms. The van der Waals surface area contributed by atoms with E-state index in [1.807, 2.05) is 0 Å². The van der Waals surface area contributed by atoms with Gasteiger partial charge in [-0.2, -0.15) is 0 Å². The van der Waals surface area contributed by atoms with Crippen LogP contribution in [0.5, 0.6) is 0 Å². The molecule has 0 aromatic carbocycles. The minimum atomic E-state index is -1.22. The lowest BCUT2D eigenvalue weighted by Crippen LogP contribution is -2.47. The Morgan fingerprint density at radius 1 is 1.71 bits per heavy atom. The maximum Gasteiger partial charge on any atom is 0.219 e. The number of allylic oxidation sites excluding steroid dienone is 2. The van der Waals surface area contributed by atoms with E-state index in [-0.39, 0.29) is 5.57 Å². The van der Waals surface area contributed by atoms with E-state index in [1.54, 1.807) is 19.1 Å². The largest absolute Gasteiger partial charge is 0.382 e. The molecule has 0 aliphatic heterocycles. The zero-order chi connectivity index (χ0) is 10.6. The first-order chi connectivity index (χ1) is 6.70. The van der Waals surface area contributed by atoms with Crippen LogP contribution in [0.1, 0.15) is 6.92 Å². The molecule has 0 aromatic rings. The van der Waals surface area contributed by atoms with Crippen LogP contribution >= 0.6 is 0 Å². The Morgan fingerprint density at radius 2 is 2.43 bits per heavy atom. The number of hydrogen-bond acceptors (Lipinski definition) is 4. The lowest BCUT2D eigenvalue weighted by atomic mass is 9.96. The van der Waals surface area contributed by atoms with Crippen molar-refractivity contribution in [3.05, 3.63) is 23.8 Å². The lowest BCUT2D eigenvalue weighted by Gasteiger charge is -2.35. The molecule has 2 atom stereocenters. The summed E-state index contributed by atoms with van der Waals surface area (Å²) < 4.78 is 10.4. The Hall–Kier alpha value is -0.970. The summed E-state index contributed by atoms with van der Waals surface area (Å²) in [5, 5.41) is 9.81. The topological polar surface area (TPSA) is 55.8 Å². The van der Waals surface area contributed by atoms with E-state index in [0.717, 1.165) is 0 Å². The minimum absolute atomic E-state index is 0.253. The third-order valence-electron chi connectivity index (χ3n) is 2.14. The average Bonchev–Trinajstić information content (AvgIpc) is 2.21. The summed E-state index contributed by atoms with van der Waals surface area (Å²) in [6.07, 6.45) is 4.29. The SMILES string of the molecule is CCOC1(OC)C=CC=C(C=O)C1O. The summed E-state index contributed by atoms with van der Waals surface area (Å²) in [4.78, 5) is 10.6. The molecule has 1 rings (SSSR count). The Morgan fingerprint density at radius 3 is 2.93 bits per heavy atom. The lowest BCUT2D eigenvalue weighted by molar-refractivity contribution is -0.229. The molecule has 0 bridgehead atoms. The van der Waals surface area contributed by atoms with E-state index < -0.39 is 11.9 Å². The minimum Gasteiger partial charge on any atom is -0.382 e. The van der Waals surface area contributed by atoms with Crippen LogP contribution in [0.25, 0.3) is 0 Å². The number of aldehydes is 1. The van der Waals surface area contributed by atoms with Crippen LogP contribution < -0.4 is 0 Å². The van der Waals surface area contributed by atoms with E-state index in [4.69, 9.17) is 9.47 Å². The van der Waals surface area contributed by atoms with E-state index >= 15 is 0 Å². The molecule has 78 valence electrons. The van der Waals surface area contributed by atoms with Crippen molar-refractivity contribution < 1.29 is 19.4 Å². The van der Waals surface area contributed by atoms with Gasteiger partial charge in [-0.25, -0.2) is 0 Å². The number of carbonyl (C=O) groups excluding carboxylic acids is 1. The van der Waals surface area contributed by atoms with Gasteiger partial charge in [0.15, 0.2) is 0 Å². The third-order valence-corrected chi connectivity index (χ3v) is 2.14. The number of aliphatic hydroxyl groups excluding tert-OH is 1. The van der Waals surface area contributed by atoms with Gasteiger partial charge in [0, 0.05) is 19.3 Å². The standard InChI is InChI=1S/C10H14O4/c1-3-14-10(13-2)6-4-5-8(7-11)9(10)12/h4-7,9,12H,3H2,1-2H3. The Kier molecular flexibility index (Phi) is 3.57. The van der Waals surface area contributed by atoms with Crippen molar-refractivity contribution in [3.8, 4) is 0 Å². The molecule has 1 aliphatic carbocycles. The monoisotopic (exact) mass is 198 g/mol. The second-order valence-corrected chi connectivity index (χ2v) is 2.90. The van der Waals surface area contributed by atoms with Gasteiger partial charge in [0.2, 0.25) is 5.79 Å². The Balaban J connectivity index is 2.95. The summed E-state index contributed by atoms with van der Waals surface area (Å²) in [7, 11) is 1.43. The molecule has 0 aromatic heterocycles. The molecular formula is C10H14O4. The third kappa shape index (κ3) is 1.77. The molecule has 4 nitrogen and oxygen atoms in total. The van der Waals surface area contributed by atoms with Crippen molar-refractivity contribution in [2.75, 3.05) is 13.7 Å². The van der Waals surface area contributed by atoms with Gasteiger partial charge in [-0.15, -0.1) is 0 Å². The fourth-order valence-electron chi connectivity index (χ4n) is 1.40. The molecule has 2 unspecified atom stereocenters. The number of carbonyl (C=O) groups is 1. The number of aliphatic hydroxyl groups is 1. The molecule has 1 aliphatic rings. The summed E-state index contributed by atoms with van der Waals surface area (Å²) in [5.41, 5.74) is 0.253. The van der Waals surface area contributed by atoms with Crippen molar-refractivity contribution in [1.29, 1.82) is 0 Å². The highest BCUT2D eigenvalue weighted by Gasteiger charge is 2.40. The van der Waals surface area contributed by atoms with Crippen LogP contribution in [0.3, 0.4) is 0 Å². The molecule has 0 fully saturated rings. The molecular weight excluding hydrogens is 184 g/mol. The molecule has 1 N–H and O–H groups in total. The zero-order valence-corrected chi connectivity index (χ0v) is 8.27. The number of ether oxygens (including phenoxy) is 2. The summed E-state index contributed by atoms with van der Waals surface area (Å²) in [6.45, 7) is 2.18. The zero-order valence-electron chi connectivity index (χ0n) is 8.27. The number of rotatable bonds is 4. The summed E-state index contributed by atoms with van der Waals surface area (Å²) >= 11 is 0. The van der Waals surface area contributed by atoms with E-state index in [9.17, 15) is 9.90 Å². The highest BCUT2D eigenvalue weighted by molar-refractivity contribution is 5.76.